The second kappa shape index (κ2) is 12.7. The van der Waals surface area contributed by atoms with Gasteiger partial charge in [0.25, 0.3) is 0 Å². The second-order valence-corrected chi connectivity index (χ2v) is 15.2. The van der Waals surface area contributed by atoms with Crippen LogP contribution in [0.1, 0.15) is 29.5 Å². The molecule has 1 saturated heterocycles. The average molecular weight is 663 g/mol. The molecule has 4 heterocycles. The number of thiazole rings is 1. The predicted octanol–water partition coefficient (Wildman–Crippen LogP) is 3.53. The van der Waals surface area contributed by atoms with Crippen LogP contribution in [0.4, 0.5) is 5.69 Å². The standard InChI is InChI=1S/C33H38N6O5S2/c1-23(40)37-15-14-33(21-37)22-39(31(41)19-30-34-27-11-13-29(44-4)35-32(27)45-30)28-12-10-25(18-26(28)33)46(42,43)38(17-16-36(2)3)20-24-8-6-5-7-9-24/h5-13,18H,14-17,19-22H2,1-4H3. The van der Waals surface area contributed by atoms with E-state index in [1.165, 1.54) is 15.6 Å². The maximum atomic E-state index is 14.3. The number of likely N-dealkylation sites (N-methyl/N-ethyl adjacent to an activating group) is 1. The van der Waals surface area contributed by atoms with E-state index in [-0.39, 0.29) is 29.7 Å². The fourth-order valence-corrected chi connectivity index (χ4v) is 8.68. The van der Waals surface area contributed by atoms with Gasteiger partial charge in [0.2, 0.25) is 27.7 Å². The summed E-state index contributed by atoms with van der Waals surface area (Å²) in [5, 5.41) is 0.636. The van der Waals surface area contributed by atoms with Gasteiger partial charge >= 0.3 is 0 Å². The Labute approximate surface area is 273 Å². The number of likely N-dealkylation sites (tertiary alicyclic amines) is 1. The van der Waals surface area contributed by atoms with Crippen molar-refractivity contribution in [3.8, 4) is 5.88 Å². The number of anilines is 1. The Bertz CT molecular complexity index is 1880. The van der Waals surface area contributed by atoms with Gasteiger partial charge in [-0.1, -0.05) is 41.7 Å². The van der Waals surface area contributed by atoms with Crippen molar-refractivity contribution >= 4 is 49.2 Å². The molecule has 1 fully saturated rings. The van der Waals surface area contributed by atoms with Crippen LogP contribution in [-0.4, -0.2) is 98.2 Å². The molecule has 0 N–H and O–H groups in total. The van der Waals surface area contributed by atoms with E-state index in [9.17, 15) is 18.0 Å². The monoisotopic (exact) mass is 662 g/mol. The molecule has 46 heavy (non-hydrogen) atoms. The zero-order valence-corrected chi connectivity index (χ0v) is 28.1. The first kappa shape index (κ1) is 32.0. The zero-order valence-electron chi connectivity index (χ0n) is 26.5. The third-order valence-electron chi connectivity index (χ3n) is 8.81. The van der Waals surface area contributed by atoms with E-state index < -0.39 is 15.4 Å². The van der Waals surface area contributed by atoms with Crippen molar-refractivity contribution in [2.75, 3.05) is 58.8 Å². The highest BCUT2D eigenvalue weighted by atomic mass is 32.2. The van der Waals surface area contributed by atoms with E-state index in [2.05, 4.69) is 9.97 Å². The lowest BCUT2D eigenvalue weighted by Crippen LogP contribution is -2.40. The van der Waals surface area contributed by atoms with Gasteiger partial charge in [0.15, 0.2) is 0 Å². The van der Waals surface area contributed by atoms with Crippen molar-refractivity contribution in [2.24, 2.45) is 0 Å². The van der Waals surface area contributed by atoms with Crippen LogP contribution in [0.5, 0.6) is 5.88 Å². The van der Waals surface area contributed by atoms with Crippen molar-refractivity contribution in [3.63, 3.8) is 0 Å². The van der Waals surface area contributed by atoms with Gasteiger partial charge in [-0.3, -0.25) is 9.59 Å². The molecule has 0 bridgehead atoms. The Morgan fingerprint density at radius 1 is 1.02 bits per heavy atom. The van der Waals surface area contributed by atoms with Crippen LogP contribution in [0.3, 0.4) is 0 Å². The molecule has 2 aliphatic heterocycles. The van der Waals surface area contributed by atoms with Crippen LogP contribution in [0.25, 0.3) is 10.3 Å². The molecule has 2 aromatic carbocycles. The summed E-state index contributed by atoms with van der Waals surface area (Å²) >= 11 is 1.35. The van der Waals surface area contributed by atoms with E-state index in [1.807, 2.05) is 55.4 Å². The molecular weight excluding hydrogens is 625 g/mol. The number of carbonyl (C=O) groups is 2. The smallest absolute Gasteiger partial charge is 0.243 e. The lowest BCUT2D eigenvalue weighted by molar-refractivity contribution is -0.128. The summed E-state index contributed by atoms with van der Waals surface area (Å²) in [5.74, 6) is 0.301. The zero-order chi connectivity index (χ0) is 32.6. The van der Waals surface area contributed by atoms with Crippen LogP contribution < -0.4 is 9.64 Å². The molecule has 1 atom stereocenters. The lowest BCUT2D eigenvalue weighted by Gasteiger charge is -2.26. The largest absolute Gasteiger partial charge is 0.481 e. The normalized spacial score (nSPS) is 17.9. The van der Waals surface area contributed by atoms with E-state index in [0.717, 1.165) is 11.1 Å². The number of amides is 2. The third-order valence-corrected chi connectivity index (χ3v) is 11.6. The van der Waals surface area contributed by atoms with Gasteiger partial charge in [-0.2, -0.15) is 4.31 Å². The maximum absolute atomic E-state index is 14.3. The summed E-state index contributed by atoms with van der Waals surface area (Å²) in [6.07, 6.45) is 0.705. The Hall–Kier alpha value is -3.91. The van der Waals surface area contributed by atoms with Crippen molar-refractivity contribution in [1.82, 2.24) is 24.1 Å². The number of hydrogen-bond donors (Lipinski definition) is 0. The topological polar surface area (TPSA) is 116 Å². The van der Waals surface area contributed by atoms with E-state index >= 15 is 0 Å². The number of fused-ring (bicyclic) bond motifs is 3. The molecule has 0 radical (unpaired) electrons. The van der Waals surface area contributed by atoms with Gasteiger partial charge in [-0.25, -0.2) is 18.4 Å². The average Bonchev–Trinajstić information content (AvgIpc) is 3.74. The van der Waals surface area contributed by atoms with Gasteiger partial charge in [0.1, 0.15) is 15.4 Å². The van der Waals surface area contributed by atoms with E-state index in [1.54, 1.807) is 48.1 Å². The highest BCUT2D eigenvalue weighted by Crippen LogP contribution is 2.47. The minimum absolute atomic E-state index is 0.0397. The minimum atomic E-state index is -3.90. The Morgan fingerprint density at radius 2 is 1.80 bits per heavy atom. The quantitative estimate of drug-likeness (QED) is 0.253. The molecule has 242 valence electrons. The summed E-state index contributed by atoms with van der Waals surface area (Å²) in [4.78, 5) is 41.7. The van der Waals surface area contributed by atoms with Gasteiger partial charge in [-0.15, -0.1) is 0 Å². The van der Waals surface area contributed by atoms with Crippen molar-refractivity contribution in [2.45, 2.75) is 36.6 Å². The summed E-state index contributed by atoms with van der Waals surface area (Å²) in [6.45, 7) is 3.98. The number of sulfonamides is 1. The molecule has 4 aromatic rings. The van der Waals surface area contributed by atoms with Gasteiger partial charge in [-0.05, 0) is 55.9 Å². The van der Waals surface area contributed by atoms with Crippen molar-refractivity contribution in [3.05, 3.63) is 76.8 Å². The Balaban J connectivity index is 1.34. The SMILES string of the molecule is COc1ccc2nc(CC(=O)N3CC4(CCN(C(C)=O)C4)c4cc(S(=O)(=O)N(CCN(C)C)Cc5ccccc5)ccc43)sc2n1. The van der Waals surface area contributed by atoms with Crippen LogP contribution in [-0.2, 0) is 38.0 Å². The molecule has 2 amide bonds. The number of nitrogens with zero attached hydrogens (tertiary/aromatic N) is 6. The molecule has 1 unspecified atom stereocenters. The van der Waals surface area contributed by atoms with Crippen molar-refractivity contribution < 1.29 is 22.7 Å². The summed E-state index contributed by atoms with van der Waals surface area (Å²) in [7, 11) is 1.49. The number of pyridine rings is 1. The third kappa shape index (κ3) is 6.24. The number of methoxy groups -OCH3 is 1. The molecular formula is C33H38N6O5S2. The molecule has 0 saturated carbocycles. The summed E-state index contributed by atoms with van der Waals surface area (Å²) in [6, 6.07) is 18.2. The summed E-state index contributed by atoms with van der Waals surface area (Å²) in [5.41, 5.74) is 2.49. The van der Waals surface area contributed by atoms with Gasteiger partial charge in [0.05, 0.1) is 18.4 Å². The van der Waals surface area contributed by atoms with Crippen LogP contribution in [0.15, 0.2) is 65.6 Å². The fourth-order valence-electron chi connectivity index (χ4n) is 6.31. The molecule has 2 aliphatic rings. The summed E-state index contributed by atoms with van der Waals surface area (Å²) < 4.78 is 35.3. The Kier molecular flexibility index (Phi) is 8.85. The molecule has 11 nitrogen and oxygen atoms in total. The van der Waals surface area contributed by atoms with Crippen LogP contribution >= 0.6 is 11.3 Å². The van der Waals surface area contributed by atoms with E-state index in [4.69, 9.17) is 4.74 Å². The van der Waals surface area contributed by atoms with Crippen LogP contribution in [0.2, 0.25) is 0 Å². The van der Waals surface area contributed by atoms with Crippen molar-refractivity contribution in [1.29, 1.82) is 0 Å². The first-order chi connectivity index (χ1) is 22.0. The molecule has 1 spiro atoms. The maximum Gasteiger partial charge on any atom is 0.243 e. The number of carbonyl (C=O) groups excluding carboxylic acids is 2. The number of benzene rings is 2. The van der Waals surface area contributed by atoms with Gasteiger partial charge in [0, 0.05) is 63.4 Å². The fraction of sp³-hybridized carbons (Fsp3) is 0.394. The molecule has 13 heteroatoms. The molecule has 6 rings (SSSR count). The first-order valence-electron chi connectivity index (χ1n) is 15.2. The highest BCUT2D eigenvalue weighted by Gasteiger charge is 2.50. The van der Waals surface area contributed by atoms with Gasteiger partial charge < -0.3 is 19.4 Å². The number of rotatable bonds is 10. The minimum Gasteiger partial charge on any atom is -0.481 e. The number of hydrogen-bond acceptors (Lipinski definition) is 9. The second-order valence-electron chi connectivity index (χ2n) is 12.2. The molecule has 2 aromatic heterocycles. The van der Waals surface area contributed by atoms with Crippen LogP contribution in [0, 0.1) is 0 Å². The molecule has 0 aliphatic carbocycles. The number of ether oxygens (including phenoxy) is 1. The number of aromatic nitrogens is 2. The highest BCUT2D eigenvalue weighted by molar-refractivity contribution is 7.89. The lowest BCUT2D eigenvalue weighted by atomic mass is 9.81. The first-order valence-corrected chi connectivity index (χ1v) is 17.4. The van der Waals surface area contributed by atoms with E-state index in [0.29, 0.717) is 66.1 Å². The predicted molar refractivity (Wildman–Crippen MR) is 178 cm³/mol. The Morgan fingerprint density at radius 3 is 2.50 bits per heavy atom.